The van der Waals surface area contributed by atoms with Gasteiger partial charge in [-0.15, -0.1) is 0 Å². The van der Waals surface area contributed by atoms with Gasteiger partial charge in [-0.1, -0.05) is 6.92 Å². The van der Waals surface area contributed by atoms with Crippen LogP contribution in [0.3, 0.4) is 0 Å². The molecule has 0 amide bonds. The van der Waals surface area contributed by atoms with Crippen molar-refractivity contribution in [1.29, 1.82) is 5.26 Å². The minimum Gasteiger partial charge on any atom is -0.399 e. The van der Waals surface area contributed by atoms with E-state index in [9.17, 15) is 0 Å². The number of rotatable bonds is 2. The zero-order chi connectivity index (χ0) is 14.3. The summed E-state index contributed by atoms with van der Waals surface area (Å²) >= 11 is 0. The van der Waals surface area contributed by atoms with Gasteiger partial charge in [0.15, 0.2) is 0 Å². The Hall–Kier alpha value is -1.38. The molecule has 0 aliphatic carbocycles. The minimum atomic E-state index is -0.458. The fourth-order valence-corrected chi connectivity index (χ4v) is 2.04. The summed E-state index contributed by atoms with van der Waals surface area (Å²) in [7, 11) is -0.458. The van der Waals surface area contributed by atoms with Crippen molar-refractivity contribution in [3.05, 3.63) is 23.5 Å². The van der Waals surface area contributed by atoms with Gasteiger partial charge in [-0.05, 0) is 40.2 Å². The molecular formula is C14H19BN2O2. The topological polar surface area (TPSA) is 55.1 Å². The molecule has 0 unspecified atom stereocenters. The van der Waals surface area contributed by atoms with Crippen LogP contribution >= 0.6 is 0 Å². The molecule has 0 saturated carbocycles. The van der Waals surface area contributed by atoms with Crippen molar-refractivity contribution in [2.45, 2.75) is 52.2 Å². The van der Waals surface area contributed by atoms with E-state index in [1.807, 2.05) is 40.7 Å². The smallest absolute Gasteiger partial charge is 0.399 e. The molecule has 1 saturated heterocycles. The zero-order valence-corrected chi connectivity index (χ0v) is 12.2. The highest BCUT2D eigenvalue weighted by atomic mass is 16.7. The first-order valence-electron chi connectivity index (χ1n) is 6.55. The van der Waals surface area contributed by atoms with Crippen molar-refractivity contribution in [2.75, 3.05) is 0 Å². The van der Waals surface area contributed by atoms with Crippen LogP contribution in [-0.2, 0) is 15.7 Å². The van der Waals surface area contributed by atoms with Crippen LogP contribution in [0.2, 0.25) is 0 Å². The van der Waals surface area contributed by atoms with Gasteiger partial charge >= 0.3 is 7.12 Å². The van der Waals surface area contributed by atoms with Gasteiger partial charge in [0.25, 0.3) is 0 Å². The third-order valence-corrected chi connectivity index (χ3v) is 3.97. The molecule has 1 aromatic rings. The van der Waals surface area contributed by atoms with Crippen LogP contribution in [0, 0.1) is 11.3 Å². The summed E-state index contributed by atoms with van der Waals surface area (Å²) in [6.45, 7) is 10.1. The summed E-state index contributed by atoms with van der Waals surface area (Å²) in [5.41, 5.74) is 1.54. The van der Waals surface area contributed by atoms with Gasteiger partial charge in [-0.2, -0.15) is 5.26 Å². The molecule has 1 fully saturated rings. The van der Waals surface area contributed by atoms with Crippen LogP contribution in [0.25, 0.3) is 0 Å². The number of nitrogens with zero attached hydrogens (tertiary/aromatic N) is 2. The number of hydrogen-bond acceptors (Lipinski definition) is 4. The van der Waals surface area contributed by atoms with E-state index >= 15 is 0 Å². The van der Waals surface area contributed by atoms with E-state index in [2.05, 4.69) is 11.1 Å². The van der Waals surface area contributed by atoms with Gasteiger partial charge in [0.1, 0.15) is 6.07 Å². The fourth-order valence-electron chi connectivity index (χ4n) is 2.04. The Morgan fingerprint density at radius 1 is 1.26 bits per heavy atom. The van der Waals surface area contributed by atoms with E-state index in [4.69, 9.17) is 14.6 Å². The second-order valence-corrected chi connectivity index (χ2v) is 5.81. The lowest BCUT2D eigenvalue weighted by molar-refractivity contribution is 0.00578. The second kappa shape index (κ2) is 4.62. The standard InChI is InChI=1S/C14H19BN2O2/c1-6-12-11(7-10(8-16)9-17-12)15-18-13(2,3)14(4,5)19-15/h7,9H,6H2,1-5H3. The molecule has 2 heterocycles. The lowest BCUT2D eigenvalue weighted by Gasteiger charge is -2.32. The maximum absolute atomic E-state index is 9.00. The number of aromatic nitrogens is 1. The molecule has 5 heteroatoms. The SMILES string of the molecule is CCc1ncc(C#N)cc1B1OC(C)(C)C(C)(C)O1. The van der Waals surface area contributed by atoms with Gasteiger partial charge < -0.3 is 9.31 Å². The first-order valence-corrected chi connectivity index (χ1v) is 6.55. The second-order valence-electron chi connectivity index (χ2n) is 5.81. The highest BCUT2D eigenvalue weighted by Gasteiger charge is 2.52. The van der Waals surface area contributed by atoms with Crippen molar-refractivity contribution < 1.29 is 9.31 Å². The number of pyridine rings is 1. The third-order valence-electron chi connectivity index (χ3n) is 3.97. The van der Waals surface area contributed by atoms with Crippen LogP contribution in [0.15, 0.2) is 12.3 Å². The van der Waals surface area contributed by atoms with Crippen molar-refractivity contribution >= 4 is 12.6 Å². The first-order chi connectivity index (χ1) is 8.80. The van der Waals surface area contributed by atoms with E-state index in [1.54, 1.807) is 6.20 Å². The molecule has 2 rings (SSSR count). The highest BCUT2D eigenvalue weighted by Crippen LogP contribution is 2.36. The number of aryl methyl sites for hydroxylation is 1. The average molecular weight is 258 g/mol. The van der Waals surface area contributed by atoms with Crippen LogP contribution < -0.4 is 5.46 Å². The highest BCUT2D eigenvalue weighted by molar-refractivity contribution is 6.62. The van der Waals surface area contributed by atoms with Gasteiger partial charge in [0, 0.05) is 17.4 Å². The lowest BCUT2D eigenvalue weighted by Crippen LogP contribution is -2.41. The Labute approximate surface area is 114 Å². The lowest BCUT2D eigenvalue weighted by atomic mass is 9.76. The Kier molecular flexibility index (Phi) is 3.42. The molecule has 0 aromatic carbocycles. The van der Waals surface area contributed by atoms with Crippen LogP contribution in [0.4, 0.5) is 0 Å². The van der Waals surface area contributed by atoms with Gasteiger partial charge in [-0.25, -0.2) is 0 Å². The monoisotopic (exact) mass is 258 g/mol. The average Bonchev–Trinajstić information content (AvgIpc) is 2.57. The Balaban J connectivity index is 2.41. The minimum absolute atomic E-state index is 0.384. The van der Waals surface area contributed by atoms with Gasteiger partial charge in [-0.3, -0.25) is 4.98 Å². The summed E-state index contributed by atoms with van der Waals surface area (Å²) in [6.07, 6.45) is 2.37. The number of hydrogen-bond donors (Lipinski definition) is 0. The Morgan fingerprint density at radius 2 is 1.84 bits per heavy atom. The zero-order valence-electron chi connectivity index (χ0n) is 12.2. The maximum Gasteiger partial charge on any atom is 0.496 e. The summed E-state index contributed by atoms with van der Waals surface area (Å²) < 4.78 is 12.0. The van der Waals surface area contributed by atoms with Crippen molar-refractivity contribution in [1.82, 2.24) is 4.98 Å². The van der Waals surface area contributed by atoms with E-state index in [-0.39, 0.29) is 11.2 Å². The molecule has 1 aliphatic rings. The summed E-state index contributed by atoms with van der Waals surface area (Å²) in [6, 6.07) is 3.92. The van der Waals surface area contributed by atoms with Crippen LogP contribution in [0.1, 0.15) is 45.9 Å². The van der Waals surface area contributed by atoms with Gasteiger partial charge in [0.05, 0.1) is 16.8 Å². The first kappa shape index (κ1) is 14.0. The Bertz CT molecular complexity index is 519. The summed E-state index contributed by atoms with van der Waals surface area (Å²) in [5, 5.41) is 9.00. The third kappa shape index (κ3) is 2.38. The van der Waals surface area contributed by atoms with Crippen LogP contribution in [-0.4, -0.2) is 23.3 Å². The molecule has 1 aromatic heterocycles. The van der Waals surface area contributed by atoms with E-state index in [1.165, 1.54) is 0 Å². The maximum atomic E-state index is 9.00. The predicted molar refractivity (Wildman–Crippen MR) is 74.0 cm³/mol. The van der Waals surface area contributed by atoms with Crippen LogP contribution in [0.5, 0.6) is 0 Å². The molecule has 100 valence electrons. The summed E-state index contributed by atoms with van der Waals surface area (Å²) in [5.74, 6) is 0. The molecule has 4 nitrogen and oxygen atoms in total. The molecule has 19 heavy (non-hydrogen) atoms. The number of nitriles is 1. The molecule has 0 spiro atoms. The van der Waals surface area contributed by atoms with E-state index in [0.717, 1.165) is 17.6 Å². The molecular weight excluding hydrogens is 239 g/mol. The van der Waals surface area contributed by atoms with Crippen molar-refractivity contribution in [3.63, 3.8) is 0 Å². The molecule has 0 radical (unpaired) electrons. The van der Waals surface area contributed by atoms with Gasteiger partial charge in [0.2, 0.25) is 0 Å². The molecule has 0 N–H and O–H groups in total. The molecule has 0 bridgehead atoms. The fraction of sp³-hybridized carbons (Fsp3) is 0.571. The molecule has 1 aliphatic heterocycles. The summed E-state index contributed by atoms with van der Waals surface area (Å²) in [4.78, 5) is 4.33. The normalized spacial score (nSPS) is 20.3. The van der Waals surface area contributed by atoms with Crippen molar-refractivity contribution in [2.24, 2.45) is 0 Å². The largest absolute Gasteiger partial charge is 0.496 e. The predicted octanol–water partition coefficient (Wildman–Crippen LogP) is 1.81. The quantitative estimate of drug-likeness (QED) is 0.759. The van der Waals surface area contributed by atoms with E-state index < -0.39 is 7.12 Å². The van der Waals surface area contributed by atoms with E-state index in [0.29, 0.717) is 5.56 Å². The van der Waals surface area contributed by atoms with Crippen molar-refractivity contribution in [3.8, 4) is 6.07 Å². The Morgan fingerprint density at radius 3 is 2.32 bits per heavy atom. The molecule has 0 atom stereocenters.